The molecule has 1 N–H and O–H groups in total. The molecule has 114 valence electrons. The van der Waals surface area contributed by atoms with Crippen molar-refractivity contribution >= 4 is 5.97 Å². The number of benzene rings is 1. The third-order valence-electron chi connectivity index (χ3n) is 4.41. The molecule has 1 unspecified atom stereocenters. The fourth-order valence-electron chi connectivity index (χ4n) is 3.06. The summed E-state index contributed by atoms with van der Waals surface area (Å²) in [6, 6.07) is 8.24. The van der Waals surface area contributed by atoms with Gasteiger partial charge in [-0.3, -0.25) is 4.79 Å². The molecule has 2 aliphatic rings. The third-order valence-corrected chi connectivity index (χ3v) is 4.41. The summed E-state index contributed by atoms with van der Waals surface area (Å²) < 4.78 is 10.9. The van der Waals surface area contributed by atoms with Crippen LogP contribution in [-0.4, -0.2) is 32.3 Å². The van der Waals surface area contributed by atoms with Gasteiger partial charge in [-0.2, -0.15) is 0 Å². The lowest BCUT2D eigenvalue weighted by Crippen LogP contribution is -2.19. The number of ether oxygens (including phenoxy) is 2. The Kier molecular flexibility index (Phi) is 4.44. The van der Waals surface area contributed by atoms with Crippen LogP contribution in [0.1, 0.15) is 37.2 Å². The molecular weight excluding hydrogens is 266 g/mol. The Labute approximate surface area is 125 Å². The van der Waals surface area contributed by atoms with Gasteiger partial charge in [0.05, 0.1) is 13.5 Å². The minimum Gasteiger partial charge on any atom is -0.489 e. The molecule has 2 fully saturated rings. The molecule has 1 saturated heterocycles. The van der Waals surface area contributed by atoms with E-state index in [9.17, 15) is 4.79 Å². The molecule has 4 nitrogen and oxygen atoms in total. The normalized spacial score (nSPS) is 22.8. The first-order valence-corrected chi connectivity index (χ1v) is 7.80. The van der Waals surface area contributed by atoms with Gasteiger partial charge in [0.15, 0.2) is 0 Å². The van der Waals surface area contributed by atoms with Gasteiger partial charge >= 0.3 is 5.97 Å². The summed E-state index contributed by atoms with van der Waals surface area (Å²) in [5, 5.41) is 3.31. The Hall–Kier alpha value is -1.55. The Morgan fingerprint density at radius 2 is 2.24 bits per heavy atom. The van der Waals surface area contributed by atoms with Crippen molar-refractivity contribution in [1.82, 2.24) is 5.32 Å². The monoisotopic (exact) mass is 289 g/mol. The molecule has 4 heteroatoms. The highest BCUT2D eigenvalue weighted by atomic mass is 16.5. The smallest absolute Gasteiger partial charge is 0.306 e. The first-order valence-electron chi connectivity index (χ1n) is 7.80. The highest BCUT2D eigenvalue weighted by Gasteiger charge is 2.34. The van der Waals surface area contributed by atoms with Gasteiger partial charge in [0.25, 0.3) is 0 Å². The van der Waals surface area contributed by atoms with E-state index in [2.05, 4.69) is 17.4 Å². The summed E-state index contributed by atoms with van der Waals surface area (Å²) in [6.45, 7) is 1.94. The Morgan fingerprint density at radius 1 is 1.38 bits per heavy atom. The van der Waals surface area contributed by atoms with Crippen molar-refractivity contribution in [3.8, 4) is 5.75 Å². The molecule has 1 aliphatic carbocycles. The van der Waals surface area contributed by atoms with E-state index in [1.165, 1.54) is 25.5 Å². The average molecular weight is 289 g/mol. The molecule has 1 heterocycles. The van der Waals surface area contributed by atoms with Crippen molar-refractivity contribution in [2.75, 3.05) is 20.2 Å². The molecule has 0 amide bonds. The zero-order valence-electron chi connectivity index (χ0n) is 12.5. The van der Waals surface area contributed by atoms with E-state index < -0.39 is 0 Å². The maximum Gasteiger partial charge on any atom is 0.306 e. The number of hydrogen-bond donors (Lipinski definition) is 1. The predicted molar refractivity (Wildman–Crippen MR) is 80.4 cm³/mol. The summed E-state index contributed by atoms with van der Waals surface area (Å²) in [6.07, 6.45) is 4.20. The fourth-order valence-corrected chi connectivity index (χ4v) is 3.06. The van der Waals surface area contributed by atoms with Crippen LogP contribution in [0.5, 0.6) is 5.75 Å². The highest BCUT2D eigenvalue weighted by molar-refractivity contribution is 5.70. The fraction of sp³-hybridized carbons (Fsp3) is 0.588. The molecule has 21 heavy (non-hydrogen) atoms. The molecule has 1 aromatic rings. The van der Waals surface area contributed by atoms with Gasteiger partial charge in [0, 0.05) is 6.54 Å². The summed E-state index contributed by atoms with van der Waals surface area (Å²) >= 11 is 0. The Bertz CT molecular complexity index is 493. The molecule has 3 rings (SSSR count). The quantitative estimate of drug-likeness (QED) is 0.817. The van der Waals surface area contributed by atoms with Crippen molar-refractivity contribution in [2.24, 2.45) is 5.92 Å². The predicted octanol–water partition coefficient (Wildman–Crippen LogP) is 2.48. The number of carbonyl (C=O) groups is 1. The standard InChI is InChI=1S/C17H23NO3/c1-20-17(19)10-16(12-5-6-12)13-3-2-4-14(9-13)21-15-7-8-18-11-15/h2-4,9,12,15-16,18H,5-8,10-11H2,1H3/t15?,16-/m0/s1. The molecular formula is C17H23NO3. The van der Waals surface area contributed by atoms with E-state index in [4.69, 9.17) is 9.47 Å². The lowest BCUT2D eigenvalue weighted by atomic mass is 9.91. The van der Waals surface area contributed by atoms with Crippen molar-refractivity contribution in [1.29, 1.82) is 0 Å². The van der Waals surface area contributed by atoms with E-state index >= 15 is 0 Å². The van der Waals surface area contributed by atoms with Crippen LogP contribution in [0.4, 0.5) is 0 Å². The molecule has 0 spiro atoms. The van der Waals surface area contributed by atoms with E-state index in [1.807, 2.05) is 12.1 Å². The lowest BCUT2D eigenvalue weighted by molar-refractivity contribution is -0.141. The van der Waals surface area contributed by atoms with Crippen molar-refractivity contribution in [2.45, 2.75) is 37.7 Å². The minimum absolute atomic E-state index is 0.127. The topological polar surface area (TPSA) is 47.6 Å². The molecule has 2 atom stereocenters. The van der Waals surface area contributed by atoms with Crippen LogP contribution in [0.2, 0.25) is 0 Å². The molecule has 1 aromatic carbocycles. The van der Waals surface area contributed by atoms with E-state index in [-0.39, 0.29) is 18.0 Å². The highest BCUT2D eigenvalue weighted by Crippen LogP contribution is 2.45. The van der Waals surface area contributed by atoms with Gasteiger partial charge in [-0.25, -0.2) is 0 Å². The third kappa shape index (κ3) is 3.76. The second-order valence-corrected chi connectivity index (χ2v) is 6.03. The van der Waals surface area contributed by atoms with Gasteiger partial charge in [0.1, 0.15) is 11.9 Å². The average Bonchev–Trinajstić information content (AvgIpc) is 3.22. The first kappa shape index (κ1) is 14.4. The van der Waals surface area contributed by atoms with Crippen LogP contribution in [0, 0.1) is 5.92 Å². The van der Waals surface area contributed by atoms with Crippen molar-refractivity contribution < 1.29 is 14.3 Å². The van der Waals surface area contributed by atoms with E-state index in [1.54, 1.807) is 0 Å². The van der Waals surface area contributed by atoms with Crippen LogP contribution < -0.4 is 10.1 Å². The van der Waals surface area contributed by atoms with Crippen molar-refractivity contribution in [3.05, 3.63) is 29.8 Å². The number of esters is 1. The van der Waals surface area contributed by atoms with Gasteiger partial charge in [0.2, 0.25) is 0 Å². The molecule has 0 bridgehead atoms. The maximum absolute atomic E-state index is 11.6. The SMILES string of the molecule is COC(=O)C[C@H](c1cccc(OC2CCNC2)c1)C1CC1. The largest absolute Gasteiger partial charge is 0.489 e. The zero-order chi connectivity index (χ0) is 14.7. The van der Waals surface area contributed by atoms with Crippen LogP contribution in [0.15, 0.2) is 24.3 Å². The van der Waals surface area contributed by atoms with Crippen LogP contribution in [0.25, 0.3) is 0 Å². The number of carbonyl (C=O) groups excluding carboxylic acids is 1. The van der Waals surface area contributed by atoms with Gasteiger partial charge in [-0.15, -0.1) is 0 Å². The Balaban J connectivity index is 1.71. The Morgan fingerprint density at radius 3 is 2.90 bits per heavy atom. The van der Waals surface area contributed by atoms with Crippen LogP contribution in [-0.2, 0) is 9.53 Å². The number of methoxy groups -OCH3 is 1. The summed E-state index contributed by atoms with van der Waals surface area (Å²) in [5.41, 5.74) is 1.20. The second-order valence-electron chi connectivity index (χ2n) is 6.03. The number of nitrogens with one attached hydrogen (secondary N) is 1. The number of hydrogen-bond acceptors (Lipinski definition) is 4. The zero-order valence-corrected chi connectivity index (χ0v) is 12.5. The molecule has 0 radical (unpaired) electrons. The minimum atomic E-state index is -0.127. The van der Waals surface area contributed by atoms with Gasteiger partial charge in [-0.05, 0) is 55.3 Å². The van der Waals surface area contributed by atoms with Gasteiger partial charge in [-0.1, -0.05) is 12.1 Å². The van der Waals surface area contributed by atoms with Crippen LogP contribution >= 0.6 is 0 Å². The summed E-state index contributed by atoms with van der Waals surface area (Å²) in [5.74, 6) is 1.67. The maximum atomic E-state index is 11.6. The van der Waals surface area contributed by atoms with E-state index in [0.29, 0.717) is 12.3 Å². The molecule has 0 aromatic heterocycles. The first-order chi connectivity index (χ1) is 10.3. The molecule has 1 saturated carbocycles. The van der Waals surface area contributed by atoms with Crippen molar-refractivity contribution in [3.63, 3.8) is 0 Å². The number of rotatable bonds is 6. The lowest BCUT2D eigenvalue weighted by Gasteiger charge is -2.18. The molecule has 1 aliphatic heterocycles. The summed E-state index contributed by atoms with van der Waals surface area (Å²) in [7, 11) is 1.46. The van der Waals surface area contributed by atoms with E-state index in [0.717, 1.165) is 25.3 Å². The summed E-state index contributed by atoms with van der Waals surface area (Å²) in [4.78, 5) is 11.6. The second kappa shape index (κ2) is 6.48. The van der Waals surface area contributed by atoms with Gasteiger partial charge < -0.3 is 14.8 Å². The van der Waals surface area contributed by atoms with Crippen LogP contribution in [0.3, 0.4) is 0 Å².